The Morgan fingerprint density at radius 1 is 1.44 bits per heavy atom. The van der Waals surface area contributed by atoms with Crippen molar-refractivity contribution < 1.29 is 9.15 Å². The first kappa shape index (κ1) is 12.0. The third-order valence-corrected chi connectivity index (χ3v) is 3.68. The highest BCUT2D eigenvalue weighted by atomic mass is 32.1. The van der Waals surface area contributed by atoms with Gasteiger partial charge in [0.05, 0.1) is 19.8 Å². The van der Waals surface area contributed by atoms with Crippen molar-refractivity contribution in [3.63, 3.8) is 0 Å². The van der Waals surface area contributed by atoms with Gasteiger partial charge in [0, 0.05) is 18.5 Å². The van der Waals surface area contributed by atoms with Crippen LogP contribution >= 0.6 is 23.6 Å². The Kier molecular flexibility index (Phi) is 3.50. The van der Waals surface area contributed by atoms with Crippen LogP contribution in [0.25, 0.3) is 11.6 Å². The molecule has 2 aromatic rings. The zero-order valence-corrected chi connectivity index (χ0v) is 11.2. The minimum absolute atomic E-state index is 0.271. The first-order valence-corrected chi connectivity index (χ1v) is 6.90. The molecule has 3 heterocycles. The molecule has 1 N–H and O–H groups in total. The van der Waals surface area contributed by atoms with Crippen molar-refractivity contribution in [3.8, 4) is 11.6 Å². The number of hydrogen-bond acceptors (Lipinski definition) is 7. The summed E-state index contributed by atoms with van der Waals surface area (Å²) in [5, 5.41) is 9.54. The van der Waals surface area contributed by atoms with Gasteiger partial charge in [0.2, 0.25) is 0 Å². The van der Waals surface area contributed by atoms with E-state index in [4.69, 9.17) is 21.4 Å². The second-order valence-corrected chi connectivity index (χ2v) is 5.25. The predicted octanol–water partition coefficient (Wildman–Crippen LogP) is 1.69. The third-order valence-electron chi connectivity index (χ3n) is 2.67. The fourth-order valence-electron chi connectivity index (χ4n) is 1.77. The van der Waals surface area contributed by atoms with Gasteiger partial charge in [-0.15, -0.1) is 16.4 Å². The Labute approximate surface area is 113 Å². The van der Waals surface area contributed by atoms with E-state index in [0.717, 1.165) is 43.5 Å². The molecule has 18 heavy (non-hydrogen) atoms. The number of morpholine rings is 1. The van der Waals surface area contributed by atoms with Crippen molar-refractivity contribution in [2.75, 3.05) is 26.3 Å². The number of H-pyrrole nitrogens is 1. The standard InChI is InChI=1S/C10H12N4O2S2/c17-10-13-12-9(16-10)7-6-18-8(11-7)5-14-1-3-15-4-2-14/h6H,1-5H2,(H,13,17). The molecule has 96 valence electrons. The summed E-state index contributed by atoms with van der Waals surface area (Å²) in [6.45, 7) is 4.35. The maximum atomic E-state index is 5.32. The van der Waals surface area contributed by atoms with E-state index in [-0.39, 0.29) is 4.84 Å². The monoisotopic (exact) mass is 284 g/mol. The average Bonchev–Trinajstić information content (AvgIpc) is 2.99. The van der Waals surface area contributed by atoms with Crippen LogP contribution in [-0.4, -0.2) is 46.4 Å². The smallest absolute Gasteiger partial charge is 0.284 e. The van der Waals surface area contributed by atoms with Crippen molar-refractivity contribution >= 4 is 23.6 Å². The fraction of sp³-hybridized carbons (Fsp3) is 0.500. The summed E-state index contributed by atoms with van der Waals surface area (Å²) in [6, 6.07) is 0. The molecular weight excluding hydrogens is 272 g/mol. The SMILES string of the molecule is S=c1[nH]nc(-c2csc(CN3CCOCC3)n2)o1. The van der Waals surface area contributed by atoms with Gasteiger partial charge in [-0.05, 0) is 12.2 Å². The Morgan fingerprint density at radius 2 is 2.28 bits per heavy atom. The largest absolute Gasteiger partial charge is 0.408 e. The number of ether oxygens (including phenoxy) is 1. The van der Waals surface area contributed by atoms with Gasteiger partial charge in [0.25, 0.3) is 10.7 Å². The van der Waals surface area contributed by atoms with Gasteiger partial charge in [-0.25, -0.2) is 10.1 Å². The molecule has 2 aromatic heterocycles. The number of nitrogens with one attached hydrogen (secondary N) is 1. The number of thiazole rings is 1. The van der Waals surface area contributed by atoms with Gasteiger partial charge in [-0.3, -0.25) is 4.90 Å². The summed E-state index contributed by atoms with van der Waals surface area (Å²) in [5.74, 6) is 0.449. The first-order valence-electron chi connectivity index (χ1n) is 5.61. The highest BCUT2D eigenvalue weighted by Gasteiger charge is 2.14. The molecule has 0 saturated carbocycles. The van der Waals surface area contributed by atoms with Crippen molar-refractivity contribution in [2.24, 2.45) is 0 Å². The number of hydrogen-bond donors (Lipinski definition) is 1. The first-order chi connectivity index (χ1) is 8.81. The molecule has 0 aromatic carbocycles. The van der Waals surface area contributed by atoms with Crippen LogP contribution in [0.4, 0.5) is 0 Å². The predicted molar refractivity (Wildman–Crippen MR) is 68.9 cm³/mol. The number of aromatic amines is 1. The molecule has 1 fully saturated rings. The molecule has 0 unspecified atom stereocenters. The number of nitrogens with zero attached hydrogens (tertiary/aromatic N) is 3. The zero-order chi connectivity index (χ0) is 12.4. The lowest BCUT2D eigenvalue weighted by atomic mass is 10.4. The molecule has 1 saturated heterocycles. The molecule has 0 aliphatic carbocycles. The van der Waals surface area contributed by atoms with E-state index in [1.807, 2.05) is 5.38 Å². The van der Waals surface area contributed by atoms with Gasteiger partial charge < -0.3 is 9.15 Å². The van der Waals surface area contributed by atoms with Crippen LogP contribution in [0.2, 0.25) is 0 Å². The van der Waals surface area contributed by atoms with Crippen LogP contribution in [-0.2, 0) is 11.3 Å². The minimum atomic E-state index is 0.271. The third kappa shape index (κ3) is 2.66. The molecular formula is C10H12N4O2S2. The second-order valence-electron chi connectivity index (χ2n) is 3.93. The van der Waals surface area contributed by atoms with E-state index >= 15 is 0 Å². The summed E-state index contributed by atoms with van der Waals surface area (Å²) in [7, 11) is 0. The van der Waals surface area contributed by atoms with Gasteiger partial charge in [-0.1, -0.05) is 0 Å². The van der Waals surface area contributed by atoms with E-state index in [1.54, 1.807) is 11.3 Å². The summed E-state index contributed by atoms with van der Waals surface area (Å²) in [6.07, 6.45) is 0. The van der Waals surface area contributed by atoms with Crippen LogP contribution < -0.4 is 0 Å². The van der Waals surface area contributed by atoms with E-state index in [9.17, 15) is 0 Å². The quantitative estimate of drug-likeness (QED) is 0.865. The van der Waals surface area contributed by atoms with Crippen LogP contribution in [0, 0.1) is 4.84 Å². The highest BCUT2D eigenvalue weighted by molar-refractivity contribution is 7.71. The normalized spacial score (nSPS) is 17.1. The Bertz CT molecular complexity index is 570. The van der Waals surface area contributed by atoms with Crippen molar-refractivity contribution in [1.29, 1.82) is 0 Å². The van der Waals surface area contributed by atoms with Crippen molar-refractivity contribution in [1.82, 2.24) is 20.1 Å². The average molecular weight is 284 g/mol. The summed E-state index contributed by atoms with van der Waals surface area (Å²) >= 11 is 6.45. The number of aromatic nitrogens is 3. The highest BCUT2D eigenvalue weighted by Crippen LogP contribution is 2.21. The summed E-state index contributed by atoms with van der Waals surface area (Å²) in [4.78, 5) is 7.10. The molecule has 0 spiro atoms. The maximum Gasteiger partial charge on any atom is 0.284 e. The maximum absolute atomic E-state index is 5.32. The molecule has 0 bridgehead atoms. The Balaban J connectivity index is 1.71. The van der Waals surface area contributed by atoms with Crippen molar-refractivity contribution in [3.05, 3.63) is 15.2 Å². The lowest BCUT2D eigenvalue weighted by Gasteiger charge is -2.25. The molecule has 0 amide bonds. The summed E-state index contributed by atoms with van der Waals surface area (Å²) < 4.78 is 10.5. The summed E-state index contributed by atoms with van der Waals surface area (Å²) in [5.41, 5.74) is 0.732. The fourth-order valence-corrected chi connectivity index (χ4v) is 2.71. The second kappa shape index (κ2) is 5.27. The lowest BCUT2D eigenvalue weighted by molar-refractivity contribution is 0.0341. The van der Waals surface area contributed by atoms with E-state index < -0.39 is 0 Å². The van der Waals surface area contributed by atoms with Gasteiger partial charge in [0.15, 0.2) is 0 Å². The molecule has 0 atom stereocenters. The van der Waals surface area contributed by atoms with Gasteiger partial charge in [-0.2, -0.15) is 0 Å². The molecule has 6 nitrogen and oxygen atoms in total. The van der Waals surface area contributed by atoms with Crippen LogP contribution in [0.15, 0.2) is 9.80 Å². The molecule has 1 aliphatic rings. The van der Waals surface area contributed by atoms with Gasteiger partial charge in [0.1, 0.15) is 10.7 Å². The lowest BCUT2D eigenvalue weighted by Crippen LogP contribution is -2.35. The number of rotatable bonds is 3. The molecule has 8 heteroatoms. The van der Waals surface area contributed by atoms with E-state index in [1.165, 1.54) is 0 Å². The van der Waals surface area contributed by atoms with E-state index in [0.29, 0.717) is 5.89 Å². The Morgan fingerprint density at radius 3 is 3.00 bits per heavy atom. The molecule has 0 radical (unpaired) electrons. The topological polar surface area (TPSA) is 67.2 Å². The van der Waals surface area contributed by atoms with Crippen LogP contribution in [0.3, 0.4) is 0 Å². The van der Waals surface area contributed by atoms with E-state index in [2.05, 4.69) is 20.1 Å². The zero-order valence-electron chi connectivity index (χ0n) is 9.59. The Hall–Kier alpha value is -1.09. The molecule has 3 rings (SSSR count). The van der Waals surface area contributed by atoms with Crippen molar-refractivity contribution in [2.45, 2.75) is 6.54 Å². The van der Waals surface area contributed by atoms with Gasteiger partial charge >= 0.3 is 0 Å². The van der Waals surface area contributed by atoms with Crippen LogP contribution in [0.1, 0.15) is 5.01 Å². The molecule has 1 aliphatic heterocycles. The minimum Gasteiger partial charge on any atom is -0.408 e. The van der Waals surface area contributed by atoms with Crippen LogP contribution in [0.5, 0.6) is 0 Å².